The third-order valence-electron chi connectivity index (χ3n) is 4.10. The molecule has 0 spiro atoms. The van der Waals surface area contributed by atoms with E-state index in [9.17, 15) is 10.1 Å². The number of fused-ring (bicyclic) bond motifs is 1. The number of carbonyl (C=O) groups is 1. The van der Waals surface area contributed by atoms with E-state index in [1.165, 1.54) is 0 Å². The molecule has 0 radical (unpaired) electrons. The van der Waals surface area contributed by atoms with Gasteiger partial charge in [-0.05, 0) is 35.8 Å². The molecule has 1 N–H and O–H groups in total. The van der Waals surface area contributed by atoms with Gasteiger partial charge in [0, 0.05) is 12.3 Å². The van der Waals surface area contributed by atoms with Crippen LogP contribution in [0.25, 0.3) is 0 Å². The average Bonchev–Trinajstić information content (AvgIpc) is 3.01. The van der Waals surface area contributed by atoms with E-state index in [4.69, 9.17) is 9.47 Å². The van der Waals surface area contributed by atoms with Crippen molar-refractivity contribution in [3.05, 3.63) is 34.4 Å². The van der Waals surface area contributed by atoms with Crippen LogP contribution in [0.5, 0.6) is 11.5 Å². The van der Waals surface area contributed by atoms with E-state index in [1.54, 1.807) is 11.8 Å². The van der Waals surface area contributed by atoms with Gasteiger partial charge in [0.15, 0.2) is 11.5 Å². The smallest absolute Gasteiger partial charge is 0.231 e. The van der Waals surface area contributed by atoms with Gasteiger partial charge in [0.1, 0.15) is 0 Å². The summed E-state index contributed by atoms with van der Waals surface area (Å²) in [6, 6.07) is 7.92. The van der Waals surface area contributed by atoms with Crippen molar-refractivity contribution >= 4 is 17.7 Å². The van der Waals surface area contributed by atoms with Crippen molar-refractivity contribution in [2.75, 3.05) is 12.5 Å². The zero-order valence-electron chi connectivity index (χ0n) is 13.8. The second kappa shape index (κ2) is 7.18. The molecule has 0 saturated carbocycles. The van der Waals surface area contributed by atoms with Gasteiger partial charge in [-0.1, -0.05) is 19.9 Å². The Hall–Kier alpha value is -2.13. The number of amides is 1. The molecule has 0 saturated heterocycles. The van der Waals surface area contributed by atoms with Gasteiger partial charge in [0.05, 0.1) is 16.7 Å². The molecule has 6 heteroatoms. The van der Waals surface area contributed by atoms with Crippen molar-refractivity contribution in [1.29, 1.82) is 5.26 Å². The average molecular weight is 344 g/mol. The number of nitriles is 1. The van der Waals surface area contributed by atoms with Crippen molar-refractivity contribution in [3.63, 3.8) is 0 Å². The van der Waals surface area contributed by atoms with Crippen LogP contribution in [0, 0.1) is 17.2 Å². The van der Waals surface area contributed by atoms with E-state index in [0.29, 0.717) is 28.0 Å². The van der Waals surface area contributed by atoms with Gasteiger partial charge >= 0.3 is 0 Å². The summed E-state index contributed by atoms with van der Waals surface area (Å²) in [4.78, 5) is 12.1. The van der Waals surface area contributed by atoms with Crippen LogP contribution in [0.4, 0.5) is 0 Å². The van der Waals surface area contributed by atoms with Gasteiger partial charge in [0.25, 0.3) is 0 Å². The number of benzene rings is 1. The number of ether oxygens (including phenoxy) is 2. The molecule has 24 heavy (non-hydrogen) atoms. The molecule has 5 nitrogen and oxygen atoms in total. The van der Waals surface area contributed by atoms with Crippen LogP contribution in [-0.2, 0) is 4.79 Å². The standard InChI is InChI=1S/C18H20N2O3S/c1-11(2)5-6-24-18-14(9-19)13(8-17(21)20-18)12-3-4-15-16(7-12)23-10-22-15/h3-4,7,11,13H,5-6,8,10H2,1-2H3,(H,20,21)/t13-/m0/s1. The molecular formula is C18H20N2O3S. The number of nitrogens with one attached hydrogen (secondary N) is 1. The summed E-state index contributed by atoms with van der Waals surface area (Å²) in [5.74, 6) is 2.56. The second-order valence-corrected chi connectivity index (χ2v) is 7.41. The number of carbonyl (C=O) groups excluding carboxylic acids is 1. The predicted octanol–water partition coefficient (Wildman–Crippen LogP) is 3.53. The lowest BCUT2D eigenvalue weighted by molar-refractivity contribution is -0.120. The Morgan fingerprint density at radius 2 is 2.17 bits per heavy atom. The Kier molecular flexibility index (Phi) is 5.00. The first-order valence-corrected chi connectivity index (χ1v) is 9.03. The lowest BCUT2D eigenvalue weighted by atomic mass is 9.87. The van der Waals surface area contributed by atoms with Gasteiger partial charge in [-0.25, -0.2) is 0 Å². The van der Waals surface area contributed by atoms with Crippen molar-refractivity contribution in [2.24, 2.45) is 5.92 Å². The fraction of sp³-hybridized carbons (Fsp3) is 0.444. The number of rotatable bonds is 5. The van der Waals surface area contributed by atoms with E-state index in [1.807, 2.05) is 18.2 Å². The Morgan fingerprint density at radius 1 is 1.38 bits per heavy atom. The van der Waals surface area contributed by atoms with Crippen LogP contribution >= 0.6 is 11.8 Å². The molecule has 1 atom stereocenters. The monoisotopic (exact) mass is 344 g/mol. The van der Waals surface area contributed by atoms with Gasteiger partial charge in [-0.15, -0.1) is 11.8 Å². The molecule has 2 aliphatic heterocycles. The van der Waals surface area contributed by atoms with Crippen molar-refractivity contribution in [2.45, 2.75) is 32.6 Å². The third-order valence-corrected chi connectivity index (χ3v) is 5.15. The second-order valence-electron chi connectivity index (χ2n) is 6.30. The van der Waals surface area contributed by atoms with Crippen molar-refractivity contribution < 1.29 is 14.3 Å². The van der Waals surface area contributed by atoms with Gasteiger partial charge < -0.3 is 14.8 Å². The minimum Gasteiger partial charge on any atom is -0.454 e. The minimum absolute atomic E-state index is 0.0521. The number of hydrogen-bond acceptors (Lipinski definition) is 5. The summed E-state index contributed by atoms with van der Waals surface area (Å²) in [5, 5.41) is 13.2. The summed E-state index contributed by atoms with van der Waals surface area (Å²) < 4.78 is 10.7. The Morgan fingerprint density at radius 3 is 2.92 bits per heavy atom. The number of hydrogen-bond donors (Lipinski definition) is 1. The highest BCUT2D eigenvalue weighted by Gasteiger charge is 2.30. The number of thioether (sulfide) groups is 1. The molecule has 1 aromatic carbocycles. The summed E-state index contributed by atoms with van der Waals surface area (Å²) in [5.41, 5.74) is 1.54. The Labute approximate surface area is 146 Å². The number of nitrogens with zero attached hydrogens (tertiary/aromatic N) is 1. The van der Waals surface area contributed by atoms with Gasteiger partial charge in [0.2, 0.25) is 12.7 Å². The number of allylic oxidation sites excluding steroid dienone is 1. The molecule has 1 aromatic rings. The zero-order valence-corrected chi connectivity index (χ0v) is 14.6. The van der Waals surface area contributed by atoms with Gasteiger partial charge in [-0.3, -0.25) is 4.79 Å². The first-order valence-electron chi connectivity index (χ1n) is 8.05. The predicted molar refractivity (Wildman–Crippen MR) is 92.6 cm³/mol. The van der Waals surface area contributed by atoms with Crippen LogP contribution in [0.1, 0.15) is 38.2 Å². The van der Waals surface area contributed by atoms with E-state index in [-0.39, 0.29) is 25.0 Å². The first kappa shape index (κ1) is 16.7. The van der Waals surface area contributed by atoms with Crippen LogP contribution < -0.4 is 14.8 Å². The lowest BCUT2D eigenvalue weighted by Gasteiger charge is -2.25. The quantitative estimate of drug-likeness (QED) is 0.885. The highest BCUT2D eigenvalue weighted by Crippen LogP contribution is 2.40. The SMILES string of the molecule is CC(C)CCSC1=C(C#N)[C@H](c2ccc3c(c2)OCO3)CC(=O)N1. The molecular weight excluding hydrogens is 324 g/mol. The zero-order chi connectivity index (χ0) is 17.1. The fourth-order valence-electron chi connectivity index (χ4n) is 2.74. The van der Waals surface area contributed by atoms with Crippen molar-refractivity contribution in [3.8, 4) is 17.6 Å². The molecule has 0 aromatic heterocycles. The maximum atomic E-state index is 12.1. The first-order chi connectivity index (χ1) is 11.6. The summed E-state index contributed by atoms with van der Waals surface area (Å²) in [7, 11) is 0. The largest absolute Gasteiger partial charge is 0.454 e. The van der Waals surface area contributed by atoms with Gasteiger partial charge in [-0.2, -0.15) is 5.26 Å². The maximum Gasteiger partial charge on any atom is 0.231 e. The highest BCUT2D eigenvalue weighted by molar-refractivity contribution is 8.03. The summed E-state index contributed by atoms with van der Waals surface area (Å²) in [6.07, 6.45) is 1.31. The maximum absolute atomic E-state index is 12.1. The molecule has 0 aliphatic carbocycles. The molecule has 126 valence electrons. The Bertz CT molecular complexity index is 721. The van der Waals surface area contributed by atoms with E-state index in [0.717, 1.165) is 17.7 Å². The molecule has 3 rings (SSSR count). The minimum atomic E-state index is -0.236. The molecule has 2 heterocycles. The fourth-order valence-corrected chi connectivity index (χ4v) is 4.07. The molecule has 0 bridgehead atoms. The van der Waals surface area contributed by atoms with Crippen LogP contribution in [-0.4, -0.2) is 18.5 Å². The van der Waals surface area contributed by atoms with E-state index in [2.05, 4.69) is 25.2 Å². The highest BCUT2D eigenvalue weighted by atomic mass is 32.2. The van der Waals surface area contributed by atoms with Crippen LogP contribution in [0.2, 0.25) is 0 Å². The van der Waals surface area contributed by atoms with Crippen LogP contribution in [0.3, 0.4) is 0 Å². The van der Waals surface area contributed by atoms with Crippen molar-refractivity contribution in [1.82, 2.24) is 5.32 Å². The molecule has 0 unspecified atom stereocenters. The summed E-state index contributed by atoms with van der Waals surface area (Å²) in [6.45, 7) is 4.53. The normalized spacial score (nSPS) is 19.4. The van der Waals surface area contributed by atoms with Crippen LogP contribution in [0.15, 0.2) is 28.8 Å². The van der Waals surface area contributed by atoms with E-state index >= 15 is 0 Å². The Balaban J connectivity index is 1.88. The third kappa shape index (κ3) is 3.51. The topological polar surface area (TPSA) is 71.3 Å². The summed E-state index contributed by atoms with van der Waals surface area (Å²) >= 11 is 1.56. The lowest BCUT2D eigenvalue weighted by Crippen LogP contribution is -2.31. The molecule has 0 fully saturated rings. The van der Waals surface area contributed by atoms with E-state index < -0.39 is 0 Å². The molecule has 2 aliphatic rings. The molecule has 1 amide bonds.